The fourth-order valence-corrected chi connectivity index (χ4v) is 3.67. The van der Waals surface area contributed by atoms with Gasteiger partial charge < -0.3 is 14.9 Å². The zero-order valence-electron chi connectivity index (χ0n) is 17.5. The van der Waals surface area contributed by atoms with Crippen LogP contribution in [-0.4, -0.2) is 47.4 Å². The van der Waals surface area contributed by atoms with Crippen LogP contribution in [0.2, 0.25) is 0 Å². The molecule has 31 heavy (non-hydrogen) atoms. The molecule has 1 aromatic rings. The second-order valence-corrected chi connectivity index (χ2v) is 8.15. The summed E-state index contributed by atoms with van der Waals surface area (Å²) < 4.78 is 40.3. The molecule has 170 valence electrons. The maximum absolute atomic E-state index is 13.0. The predicted octanol–water partition coefficient (Wildman–Crippen LogP) is 3.00. The van der Waals surface area contributed by atoms with Gasteiger partial charge in [-0.15, -0.1) is 0 Å². The minimum absolute atomic E-state index is 0.190. The van der Waals surface area contributed by atoms with Crippen LogP contribution >= 0.6 is 11.9 Å². The summed E-state index contributed by atoms with van der Waals surface area (Å²) in [5.74, 6) is 0.376. The maximum atomic E-state index is 13.0. The molecule has 0 spiro atoms. The van der Waals surface area contributed by atoms with Gasteiger partial charge in [0.25, 0.3) is 5.91 Å². The highest BCUT2D eigenvalue weighted by molar-refractivity contribution is 7.96. The second kappa shape index (κ2) is 9.51. The minimum Gasteiger partial charge on any atom is -0.384 e. The Labute approximate surface area is 183 Å². The van der Waals surface area contributed by atoms with Crippen molar-refractivity contribution in [2.45, 2.75) is 38.5 Å². The molecule has 3 rings (SSSR count). The molecule has 2 heterocycles. The topological polar surface area (TPSA) is 82.9 Å². The van der Waals surface area contributed by atoms with Crippen molar-refractivity contribution in [3.8, 4) is 0 Å². The molecule has 0 radical (unpaired) electrons. The summed E-state index contributed by atoms with van der Waals surface area (Å²) in [4.78, 5) is 19.3. The number of fused-ring (bicyclic) bond motifs is 1. The van der Waals surface area contributed by atoms with E-state index in [0.717, 1.165) is 17.6 Å². The van der Waals surface area contributed by atoms with E-state index in [1.165, 1.54) is 11.9 Å². The lowest BCUT2D eigenvalue weighted by atomic mass is 10.0. The van der Waals surface area contributed by atoms with Gasteiger partial charge in [-0.1, -0.05) is 43.2 Å². The van der Waals surface area contributed by atoms with E-state index in [9.17, 15) is 18.0 Å². The van der Waals surface area contributed by atoms with Gasteiger partial charge in [-0.2, -0.15) is 18.7 Å². The van der Waals surface area contributed by atoms with E-state index in [2.05, 4.69) is 15.6 Å². The van der Waals surface area contributed by atoms with Gasteiger partial charge in [-0.05, 0) is 23.6 Å². The molecule has 0 aliphatic carbocycles. The van der Waals surface area contributed by atoms with Crippen molar-refractivity contribution in [2.24, 2.45) is 5.73 Å². The van der Waals surface area contributed by atoms with Crippen LogP contribution in [0.25, 0.3) is 0 Å². The molecule has 2 aliphatic rings. The van der Waals surface area contributed by atoms with E-state index in [1.54, 1.807) is 23.1 Å². The molecule has 11 heteroatoms. The highest BCUT2D eigenvalue weighted by Gasteiger charge is 2.46. The predicted molar refractivity (Wildman–Crippen MR) is 113 cm³/mol. The van der Waals surface area contributed by atoms with Crippen LogP contribution in [0.3, 0.4) is 0 Å². The number of allylic oxidation sites excluding steroid dienone is 1. The first-order valence-corrected chi connectivity index (χ1v) is 10.9. The first-order chi connectivity index (χ1) is 14.7. The Kier molecular flexibility index (Phi) is 7.20. The van der Waals surface area contributed by atoms with Crippen molar-refractivity contribution < 1.29 is 22.8 Å². The summed E-state index contributed by atoms with van der Waals surface area (Å²) in [6, 6.07) is 5.05. The Morgan fingerprint density at radius 3 is 2.81 bits per heavy atom. The summed E-state index contributed by atoms with van der Waals surface area (Å²) in [7, 11) is 1.85. The third-order valence-electron chi connectivity index (χ3n) is 5.12. The highest BCUT2D eigenvalue weighted by atomic mass is 32.2. The SMILES string of the molecule is CC/C=C\C(CN1Cc2ccc(C3NOC(C(F)(F)F)N3)cc2C1=O)=C(/N)N(C)SC. The van der Waals surface area contributed by atoms with Crippen molar-refractivity contribution in [1.82, 2.24) is 20.0 Å². The van der Waals surface area contributed by atoms with Crippen LogP contribution in [0.15, 0.2) is 41.7 Å². The number of hydrogen-bond acceptors (Lipinski definition) is 7. The number of nitrogens with two attached hydrogens (primary N) is 1. The second-order valence-electron chi connectivity index (χ2n) is 7.24. The van der Waals surface area contributed by atoms with E-state index in [4.69, 9.17) is 5.73 Å². The molecule has 2 atom stereocenters. The van der Waals surface area contributed by atoms with E-state index in [0.29, 0.717) is 30.0 Å². The first-order valence-electron chi connectivity index (χ1n) is 9.74. The smallest absolute Gasteiger partial charge is 0.384 e. The van der Waals surface area contributed by atoms with Crippen LogP contribution in [0.4, 0.5) is 13.2 Å². The highest BCUT2D eigenvalue weighted by Crippen LogP contribution is 2.30. The van der Waals surface area contributed by atoms with E-state index >= 15 is 0 Å². The lowest BCUT2D eigenvalue weighted by Gasteiger charge is -2.22. The Hall–Kier alpha value is -2.21. The van der Waals surface area contributed by atoms with E-state index in [-0.39, 0.29) is 5.91 Å². The molecule has 1 fully saturated rings. The van der Waals surface area contributed by atoms with Crippen LogP contribution in [0.1, 0.15) is 41.0 Å². The normalized spacial score (nSPS) is 22.3. The molecule has 1 amide bonds. The number of amides is 1. The summed E-state index contributed by atoms with van der Waals surface area (Å²) in [5, 5.41) is 2.33. The van der Waals surface area contributed by atoms with Gasteiger partial charge in [0.2, 0.25) is 6.23 Å². The zero-order valence-corrected chi connectivity index (χ0v) is 18.3. The number of nitrogens with one attached hydrogen (secondary N) is 2. The van der Waals surface area contributed by atoms with E-state index in [1.807, 2.05) is 36.7 Å². The van der Waals surface area contributed by atoms with Crippen molar-refractivity contribution in [1.29, 1.82) is 0 Å². The van der Waals surface area contributed by atoms with Crippen LogP contribution in [-0.2, 0) is 11.4 Å². The molecule has 0 saturated carbocycles. The average Bonchev–Trinajstić information content (AvgIpc) is 3.35. The van der Waals surface area contributed by atoms with Crippen LogP contribution < -0.4 is 16.5 Å². The molecule has 1 saturated heterocycles. The monoisotopic (exact) mass is 457 g/mol. The van der Waals surface area contributed by atoms with Crippen molar-refractivity contribution in [3.63, 3.8) is 0 Å². The fraction of sp³-hybridized carbons (Fsp3) is 0.450. The van der Waals surface area contributed by atoms with Crippen molar-refractivity contribution >= 4 is 17.9 Å². The third kappa shape index (κ3) is 5.17. The summed E-state index contributed by atoms with van der Waals surface area (Å²) in [6.45, 7) is 2.75. The average molecular weight is 458 g/mol. The minimum atomic E-state index is -4.54. The molecular formula is C20H26F3N5O2S. The number of halogens is 3. The third-order valence-corrected chi connectivity index (χ3v) is 5.87. The molecule has 2 unspecified atom stereocenters. The Morgan fingerprint density at radius 1 is 1.45 bits per heavy atom. The number of rotatable bonds is 7. The number of carbonyl (C=O) groups excluding carboxylic acids is 1. The van der Waals surface area contributed by atoms with E-state index < -0.39 is 18.6 Å². The van der Waals surface area contributed by atoms with Crippen LogP contribution in [0.5, 0.6) is 0 Å². The number of nitrogens with zero attached hydrogens (tertiary/aromatic N) is 2. The summed E-state index contributed by atoms with van der Waals surface area (Å²) in [6.07, 6.45) is -0.866. The van der Waals surface area contributed by atoms with Gasteiger partial charge in [0, 0.05) is 37.5 Å². The fourth-order valence-electron chi connectivity index (χ4n) is 3.35. The molecule has 0 aromatic heterocycles. The van der Waals surface area contributed by atoms with Gasteiger partial charge in [0.1, 0.15) is 12.0 Å². The summed E-state index contributed by atoms with van der Waals surface area (Å²) >= 11 is 1.47. The zero-order chi connectivity index (χ0) is 22.8. The first kappa shape index (κ1) is 23.5. The molecule has 1 aromatic carbocycles. The standard InChI is InChI=1S/C20H26F3N5O2S/c1-4-5-6-14(16(24)27(2)31-3)11-28-10-13-8-7-12(9-15(13)18(28)29)17-25-19(30-26-17)20(21,22)23/h5-9,17,19,25-26H,4,10-11,24H2,1-3H3/b6-5-,16-14-. The number of carbonyl (C=O) groups is 1. The van der Waals surface area contributed by atoms with Gasteiger partial charge in [-0.3, -0.25) is 14.9 Å². The molecule has 4 N–H and O–H groups in total. The van der Waals surface area contributed by atoms with Crippen molar-refractivity contribution in [3.05, 3.63) is 58.4 Å². The van der Waals surface area contributed by atoms with Gasteiger partial charge >= 0.3 is 6.18 Å². The Morgan fingerprint density at radius 2 is 2.19 bits per heavy atom. The largest absolute Gasteiger partial charge is 0.430 e. The van der Waals surface area contributed by atoms with Crippen LogP contribution in [0, 0.1) is 0 Å². The maximum Gasteiger partial charge on any atom is 0.430 e. The Bertz CT molecular complexity index is 890. The van der Waals surface area contributed by atoms with Crippen molar-refractivity contribution in [2.75, 3.05) is 19.8 Å². The number of hydroxylamine groups is 1. The number of benzene rings is 1. The van der Waals surface area contributed by atoms with Gasteiger partial charge in [0.05, 0.1) is 0 Å². The van der Waals surface area contributed by atoms with Gasteiger partial charge in [0.15, 0.2) is 0 Å². The quantitative estimate of drug-likeness (QED) is 0.429. The lowest BCUT2D eigenvalue weighted by Crippen LogP contribution is -2.39. The molecule has 0 bridgehead atoms. The molecule has 7 nitrogen and oxygen atoms in total. The number of hydrogen-bond donors (Lipinski definition) is 3. The number of alkyl halides is 3. The summed E-state index contributed by atoms with van der Waals surface area (Å²) in [5.41, 5.74) is 11.2. The molecule has 2 aliphatic heterocycles. The molecular weight excluding hydrogens is 431 g/mol. The lowest BCUT2D eigenvalue weighted by molar-refractivity contribution is -0.224. The Balaban J connectivity index is 1.78. The van der Waals surface area contributed by atoms with Gasteiger partial charge in [-0.25, -0.2) is 0 Å².